The van der Waals surface area contributed by atoms with Crippen LogP contribution in [0.25, 0.3) is 0 Å². The summed E-state index contributed by atoms with van der Waals surface area (Å²) < 4.78 is 37.0. The molecule has 0 amide bonds. The predicted octanol–water partition coefficient (Wildman–Crippen LogP) is 2.60. The highest BCUT2D eigenvalue weighted by Gasteiger charge is 2.64. The molecule has 39 heavy (non-hydrogen) atoms. The van der Waals surface area contributed by atoms with Crippen LogP contribution in [0.1, 0.15) is 49.9 Å². The minimum Gasteiger partial charge on any atom is -0.480 e. The zero-order chi connectivity index (χ0) is 29.5. The van der Waals surface area contributed by atoms with Crippen molar-refractivity contribution in [3.8, 4) is 0 Å². The summed E-state index contributed by atoms with van der Waals surface area (Å²) in [6, 6.07) is 5.69. The summed E-state index contributed by atoms with van der Waals surface area (Å²) in [5.41, 5.74) is 4.27. The van der Waals surface area contributed by atoms with Gasteiger partial charge in [-0.3, -0.25) is 19.3 Å². The number of carboxylic acids is 2. The Hall–Kier alpha value is -3.58. The lowest BCUT2D eigenvalue weighted by atomic mass is 9.82. The molecule has 1 saturated heterocycles. The molecule has 2 aliphatic rings. The first-order chi connectivity index (χ1) is 18.2. The van der Waals surface area contributed by atoms with Gasteiger partial charge in [-0.15, -0.1) is 0 Å². The molecule has 3 rings (SSSR count). The van der Waals surface area contributed by atoms with Crippen molar-refractivity contribution < 1.29 is 52.1 Å². The third kappa shape index (κ3) is 7.09. The molecule has 4 N–H and O–H groups in total. The smallest absolute Gasteiger partial charge is 0.480 e. The van der Waals surface area contributed by atoms with E-state index in [1.54, 1.807) is 37.3 Å². The number of hydrogen-bond donors (Lipinski definition) is 3. The van der Waals surface area contributed by atoms with Crippen LogP contribution in [-0.2, 0) is 23.9 Å². The SMILES string of the molecule is CCOC(=O)[C@H](CC(=O)c1ccccc1)N1[C@@H]2C=CCC[C@@H]2C[C@@]1(C(=O)O)C(=O)C(C)N.O=C(O)C(F)(F)F. The maximum absolute atomic E-state index is 13.3. The van der Waals surface area contributed by atoms with Gasteiger partial charge >= 0.3 is 24.1 Å². The van der Waals surface area contributed by atoms with Crippen molar-refractivity contribution in [3.05, 3.63) is 48.0 Å². The van der Waals surface area contributed by atoms with E-state index < -0.39 is 53.5 Å². The van der Waals surface area contributed by atoms with Gasteiger partial charge in [0.2, 0.25) is 0 Å². The number of aliphatic carboxylic acids is 2. The van der Waals surface area contributed by atoms with E-state index in [2.05, 4.69) is 0 Å². The Morgan fingerprint density at radius 1 is 1.15 bits per heavy atom. The van der Waals surface area contributed by atoms with E-state index in [1.165, 1.54) is 11.8 Å². The highest BCUT2D eigenvalue weighted by atomic mass is 19.4. The van der Waals surface area contributed by atoms with Gasteiger partial charge in [-0.1, -0.05) is 42.5 Å². The quantitative estimate of drug-likeness (QED) is 0.178. The van der Waals surface area contributed by atoms with Gasteiger partial charge in [-0.25, -0.2) is 9.59 Å². The van der Waals surface area contributed by atoms with E-state index in [1.807, 2.05) is 12.2 Å². The van der Waals surface area contributed by atoms with Crippen molar-refractivity contribution in [2.45, 2.75) is 69.4 Å². The molecule has 13 heteroatoms. The number of carboxylic acid groups (broad SMARTS) is 2. The first-order valence-corrected chi connectivity index (χ1v) is 12.2. The number of rotatable bonds is 9. The highest BCUT2D eigenvalue weighted by molar-refractivity contribution is 6.11. The number of alkyl halides is 3. The molecule has 1 heterocycles. The molecule has 0 spiro atoms. The van der Waals surface area contributed by atoms with Crippen LogP contribution in [0.5, 0.6) is 0 Å². The fraction of sp³-hybridized carbons (Fsp3) is 0.500. The summed E-state index contributed by atoms with van der Waals surface area (Å²) in [6.07, 6.45) is -0.157. The van der Waals surface area contributed by atoms with E-state index in [4.69, 9.17) is 20.4 Å². The molecule has 0 aromatic heterocycles. The fourth-order valence-electron chi connectivity index (χ4n) is 4.99. The van der Waals surface area contributed by atoms with Crippen LogP contribution in [0.4, 0.5) is 13.2 Å². The number of fused-ring (bicyclic) bond motifs is 1. The third-order valence-corrected chi connectivity index (χ3v) is 6.63. The van der Waals surface area contributed by atoms with Crippen molar-refractivity contribution in [1.29, 1.82) is 0 Å². The normalized spacial score (nSPS) is 23.9. The van der Waals surface area contributed by atoms with E-state index in [0.29, 0.717) is 12.0 Å². The zero-order valence-corrected chi connectivity index (χ0v) is 21.4. The number of carbonyl (C=O) groups is 5. The Morgan fingerprint density at radius 3 is 2.23 bits per heavy atom. The summed E-state index contributed by atoms with van der Waals surface area (Å²) in [5, 5.41) is 17.5. The number of benzene rings is 1. The average molecular weight is 557 g/mol. The molecule has 1 unspecified atom stereocenters. The number of ketones is 2. The van der Waals surface area contributed by atoms with Crippen molar-refractivity contribution >= 4 is 29.5 Å². The largest absolute Gasteiger partial charge is 0.490 e. The van der Waals surface area contributed by atoms with Gasteiger partial charge in [0.15, 0.2) is 17.1 Å². The number of halogens is 3. The van der Waals surface area contributed by atoms with E-state index in [-0.39, 0.29) is 31.1 Å². The number of hydrogen-bond acceptors (Lipinski definition) is 8. The molecule has 5 atom stereocenters. The number of allylic oxidation sites excluding steroid dienone is 1. The Balaban J connectivity index is 0.000000673. The van der Waals surface area contributed by atoms with Gasteiger partial charge in [0.1, 0.15) is 6.04 Å². The molecule has 0 radical (unpaired) electrons. The molecule has 1 aromatic rings. The Kier molecular flexibility index (Phi) is 10.5. The number of nitrogens with two attached hydrogens (primary N) is 1. The number of Topliss-reactive ketones (excluding diaryl/α,β-unsaturated/α-hetero) is 2. The molecule has 1 fully saturated rings. The highest BCUT2D eigenvalue weighted by Crippen LogP contribution is 2.46. The molecule has 214 valence electrons. The molecule has 1 aliphatic heterocycles. The molecule has 10 nitrogen and oxygen atoms in total. The second kappa shape index (κ2) is 13.0. The summed E-state index contributed by atoms with van der Waals surface area (Å²) >= 11 is 0. The summed E-state index contributed by atoms with van der Waals surface area (Å²) in [7, 11) is 0. The summed E-state index contributed by atoms with van der Waals surface area (Å²) in [4.78, 5) is 62.4. The van der Waals surface area contributed by atoms with Gasteiger partial charge in [0.25, 0.3) is 0 Å². The van der Waals surface area contributed by atoms with Crippen LogP contribution in [0.15, 0.2) is 42.5 Å². The molecular weight excluding hydrogens is 525 g/mol. The topological polar surface area (TPSA) is 164 Å². The van der Waals surface area contributed by atoms with Gasteiger partial charge in [0, 0.05) is 18.0 Å². The van der Waals surface area contributed by atoms with Crippen LogP contribution < -0.4 is 5.73 Å². The molecule has 0 bridgehead atoms. The van der Waals surface area contributed by atoms with E-state index >= 15 is 0 Å². The lowest BCUT2D eigenvalue weighted by molar-refractivity contribution is -0.192. The first-order valence-electron chi connectivity index (χ1n) is 12.2. The Labute approximate surface area is 222 Å². The molecule has 0 saturated carbocycles. The van der Waals surface area contributed by atoms with Gasteiger partial charge in [0.05, 0.1) is 12.6 Å². The minimum atomic E-state index is -5.08. The maximum atomic E-state index is 13.3. The van der Waals surface area contributed by atoms with Crippen molar-refractivity contribution in [2.24, 2.45) is 11.7 Å². The molecule has 1 aromatic carbocycles. The average Bonchev–Trinajstić information content (AvgIpc) is 3.23. The number of esters is 1. The van der Waals surface area contributed by atoms with E-state index in [0.717, 1.165) is 6.42 Å². The fourth-order valence-corrected chi connectivity index (χ4v) is 4.99. The van der Waals surface area contributed by atoms with Crippen molar-refractivity contribution in [2.75, 3.05) is 6.61 Å². The third-order valence-electron chi connectivity index (χ3n) is 6.63. The predicted molar refractivity (Wildman–Crippen MR) is 131 cm³/mol. The van der Waals surface area contributed by atoms with Gasteiger partial charge in [-0.2, -0.15) is 13.2 Å². The Morgan fingerprint density at radius 2 is 1.74 bits per heavy atom. The Bertz CT molecular complexity index is 1110. The standard InChI is InChI=1S/C24H30N2O6.C2HF3O2/c1-3-32-22(29)19(13-20(27)16-9-5-4-6-10-16)26-18-12-8-7-11-17(18)14-24(26,23(30)31)21(28)15(2)25;3-2(4,5)1(6)7/h4-6,8-10,12,15,17-19H,3,7,11,13-14,25H2,1-2H3,(H,30,31);(H,6,7)/t15?,17-,18-,19+,24+;/m1./s1. The van der Waals surface area contributed by atoms with Crippen LogP contribution in [-0.4, -0.2) is 81.0 Å². The monoisotopic (exact) mass is 556 g/mol. The number of ether oxygens (including phenoxy) is 1. The first kappa shape index (κ1) is 31.6. The lowest BCUT2D eigenvalue weighted by Gasteiger charge is -2.41. The number of carbonyl (C=O) groups excluding carboxylic acids is 3. The van der Waals surface area contributed by atoms with Gasteiger partial charge in [-0.05, 0) is 39.0 Å². The van der Waals surface area contributed by atoms with E-state index in [9.17, 15) is 37.5 Å². The van der Waals surface area contributed by atoms with Gasteiger partial charge < -0.3 is 20.7 Å². The summed E-state index contributed by atoms with van der Waals surface area (Å²) in [6.45, 7) is 3.14. The second-order valence-electron chi connectivity index (χ2n) is 9.25. The van der Waals surface area contributed by atoms with Crippen molar-refractivity contribution in [3.63, 3.8) is 0 Å². The van der Waals surface area contributed by atoms with Crippen LogP contribution in [0.2, 0.25) is 0 Å². The number of likely N-dealkylation sites (tertiary alicyclic amines) is 1. The van der Waals surface area contributed by atoms with Crippen LogP contribution in [0, 0.1) is 5.92 Å². The summed E-state index contributed by atoms with van der Waals surface area (Å²) in [5.74, 6) is -5.99. The van der Waals surface area contributed by atoms with Crippen molar-refractivity contribution in [1.82, 2.24) is 4.90 Å². The van der Waals surface area contributed by atoms with Crippen LogP contribution >= 0.6 is 0 Å². The molecular formula is C26H31F3N2O8. The lowest BCUT2D eigenvalue weighted by Crippen LogP contribution is -2.66. The zero-order valence-electron chi connectivity index (χ0n) is 21.4. The second-order valence-corrected chi connectivity index (χ2v) is 9.25. The number of nitrogens with zero attached hydrogens (tertiary/aromatic N) is 1. The van der Waals surface area contributed by atoms with Crippen LogP contribution in [0.3, 0.4) is 0 Å². The maximum Gasteiger partial charge on any atom is 0.490 e. The minimum absolute atomic E-state index is 0.0349. The molecule has 1 aliphatic carbocycles.